The van der Waals surface area contributed by atoms with E-state index in [-0.39, 0.29) is 11.8 Å². The van der Waals surface area contributed by atoms with Gasteiger partial charge < -0.3 is 10.4 Å². The fourth-order valence-electron chi connectivity index (χ4n) is 3.76. The highest BCUT2D eigenvalue weighted by Crippen LogP contribution is 2.44. The fourth-order valence-corrected chi connectivity index (χ4v) is 4.61. The molecule has 2 aromatic carbocycles. The van der Waals surface area contributed by atoms with Gasteiger partial charge in [0.15, 0.2) is 0 Å². The van der Waals surface area contributed by atoms with Crippen LogP contribution in [0.3, 0.4) is 0 Å². The van der Waals surface area contributed by atoms with Gasteiger partial charge in [0, 0.05) is 27.9 Å². The van der Waals surface area contributed by atoms with E-state index in [1.807, 2.05) is 43.3 Å². The number of aromatic nitrogens is 1. The van der Waals surface area contributed by atoms with E-state index >= 15 is 0 Å². The summed E-state index contributed by atoms with van der Waals surface area (Å²) in [4.78, 5) is 14.3. The number of aryl methyl sites for hydroxylation is 2. The van der Waals surface area contributed by atoms with Crippen LogP contribution in [-0.2, 0) is 0 Å². The van der Waals surface area contributed by atoms with E-state index in [0.717, 1.165) is 38.9 Å². The van der Waals surface area contributed by atoms with Crippen LogP contribution in [0.15, 0.2) is 53.9 Å². The number of rotatable bonds is 3. The van der Waals surface area contributed by atoms with E-state index in [1.165, 1.54) is 4.88 Å². The Morgan fingerprint density at radius 2 is 1.79 bits per heavy atom. The number of hydrogen-bond donors (Lipinski definition) is 2. The van der Waals surface area contributed by atoms with Crippen LogP contribution in [0.1, 0.15) is 17.4 Å². The molecule has 4 aromatic rings. The molecular formula is C23H22N2O2S. The average Bonchev–Trinajstić information content (AvgIpc) is 3.19. The molecule has 0 saturated carbocycles. The zero-order valence-electron chi connectivity index (χ0n) is 16.1. The molecule has 0 spiro atoms. The van der Waals surface area contributed by atoms with Crippen LogP contribution in [0.5, 0.6) is 5.75 Å². The minimum atomic E-state index is -0.135. The van der Waals surface area contributed by atoms with Crippen molar-refractivity contribution in [3.63, 3.8) is 0 Å². The molecule has 2 heterocycles. The smallest absolute Gasteiger partial charge is 0.326 e. The number of thiophene rings is 1. The average molecular weight is 391 g/mol. The molecule has 142 valence electrons. The van der Waals surface area contributed by atoms with E-state index in [0.29, 0.717) is 6.54 Å². The minimum absolute atomic E-state index is 0.135. The minimum Gasteiger partial charge on any atom is -0.508 e. The number of phenols is 1. The van der Waals surface area contributed by atoms with Gasteiger partial charge in [-0.3, -0.25) is 4.57 Å². The van der Waals surface area contributed by atoms with E-state index in [9.17, 15) is 9.90 Å². The van der Waals surface area contributed by atoms with Gasteiger partial charge >= 0.3 is 6.03 Å². The molecule has 0 atom stereocenters. The number of para-hydroxylation sites is 1. The SMILES string of the molecule is CCNC(=O)n1c(-c2c(C)csc2C)c(-c2ccc(O)cc2)c2ccccc21. The predicted molar refractivity (Wildman–Crippen MR) is 116 cm³/mol. The zero-order valence-corrected chi connectivity index (χ0v) is 16.9. The third kappa shape index (κ3) is 2.88. The Balaban J connectivity index is 2.17. The van der Waals surface area contributed by atoms with Crippen LogP contribution < -0.4 is 5.32 Å². The first-order valence-electron chi connectivity index (χ1n) is 9.29. The van der Waals surface area contributed by atoms with E-state index < -0.39 is 0 Å². The number of carbonyl (C=O) groups is 1. The van der Waals surface area contributed by atoms with Crippen LogP contribution in [0.25, 0.3) is 33.3 Å². The van der Waals surface area contributed by atoms with Gasteiger partial charge in [-0.25, -0.2) is 4.79 Å². The highest BCUT2D eigenvalue weighted by Gasteiger charge is 2.25. The maximum absolute atomic E-state index is 13.1. The zero-order chi connectivity index (χ0) is 19.8. The number of aromatic hydroxyl groups is 1. The molecule has 0 fully saturated rings. The Morgan fingerprint density at radius 3 is 2.43 bits per heavy atom. The Bertz CT molecular complexity index is 1150. The molecule has 2 aromatic heterocycles. The monoisotopic (exact) mass is 390 g/mol. The van der Waals surface area contributed by atoms with Crippen molar-refractivity contribution in [2.75, 3.05) is 6.54 Å². The number of benzene rings is 2. The Labute approximate surface area is 168 Å². The normalized spacial score (nSPS) is 11.1. The molecule has 0 radical (unpaired) electrons. The van der Waals surface area contributed by atoms with Crippen LogP contribution >= 0.6 is 11.3 Å². The molecule has 4 nitrogen and oxygen atoms in total. The van der Waals surface area contributed by atoms with Crippen LogP contribution in [0, 0.1) is 13.8 Å². The molecule has 0 aliphatic carbocycles. The quantitative estimate of drug-likeness (QED) is 0.455. The predicted octanol–water partition coefficient (Wildman–Crippen LogP) is 5.94. The topological polar surface area (TPSA) is 54.3 Å². The third-order valence-corrected chi connectivity index (χ3v) is 5.99. The summed E-state index contributed by atoms with van der Waals surface area (Å²) in [5.41, 5.74) is 5.99. The van der Waals surface area contributed by atoms with Crippen molar-refractivity contribution in [1.82, 2.24) is 9.88 Å². The first kappa shape index (κ1) is 18.3. The van der Waals surface area contributed by atoms with Crippen LogP contribution in [-0.4, -0.2) is 22.2 Å². The summed E-state index contributed by atoms with van der Waals surface area (Å²) in [6, 6.07) is 15.0. The third-order valence-electron chi connectivity index (χ3n) is 4.96. The Morgan fingerprint density at radius 1 is 1.07 bits per heavy atom. The summed E-state index contributed by atoms with van der Waals surface area (Å²) in [7, 11) is 0. The second kappa shape index (κ2) is 7.17. The molecule has 0 aliphatic rings. The molecule has 4 rings (SSSR count). The second-order valence-corrected chi connectivity index (χ2v) is 7.89. The van der Waals surface area contributed by atoms with Crippen LogP contribution in [0.2, 0.25) is 0 Å². The molecule has 0 saturated heterocycles. The number of amides is 1. The molecule has 0 aliphatic heterocycles. The lowest BCUT2D eigenvalue weighted by molar-refractivity contribution is 0.244. The first-order chi connectivity index (χ1) is 13.5. The number of hydrogen-bond acceptors (Lipinski definition) is 3. The van der Waals surface area contributed by atoms with Crippen molar-refractivity contribution in [3.8, 4) is 28.1 Å². The van der Waals surface area contributed by atoms with Crippen molar-refractivity contribution in [1.29, 1.82) is 0 Å². The number of carbonyl (C=O) groups excluding carboxylic acids is 1. The summed E-state index contributed by atoms with van der Waals surface area (Å²) in [5.74, 6) is 0.223. The Hall–Kier alpha value is -3.05. The molecule has 2 N–H and O–H groups in total. The van der Waals surface area contributed by atoms with Gasteiger partial charge in [0.05, 0.1) is 11.2 Å². The maximum atomic E-state index is 13.1. The molecule has 0 bridgehead atoms. The summed E-state index contributed by atoms with van der Waals surface area (Å²) in [6.45, 7) is 6.65. The molecule has 0 unspecified atom stereocenters. The lowest BCUT2D eigenvalue weighted by Gasteiger charge is -2.13. The molecular weight excluding hydrogens is 368 g/mol. The summed E-state index contributed by atoms with van der Waals surface area (Å²) >= 11 is 1.69. The lowest BCUT2D eigenvalue weighted by Crippen LogP contribution is -2.28. The summed E-state index contributed by atoms with van der Waals surface area (Å²) < 4.78 is 1.79. The number of phenolic OH excluding ortho intramolecular Hbond substituents is 1. The van der Waals surface area contributed by atoms with E-state index in [4.69, 9.17) is 0 Å². The van der Waals surface area contributed by atoms with Crippen molar-refractivity contribution >= 4 is 28.3 Å². The van der Waals surface area contributed by atoms with Gasteiger partial charge in [-0.1, -0.05) is 30.3 Å². The van der Waals surface area contributed by atoms with Gasteiger partial charge in [0.25, 0.3) is 0 Å². The van der Waals surface area contributed by atoms with Crippen molar-refractivity contribution in [2.24, 2.45) is 0 Å². The van der Waals surface area contributed by atoms with E-state index in [1.54, 1.807) is 28.0 Å². The molecule has 1 amide bonds. The number of fused-ring (bicyclic) bond motifs is 1. The van der Waals surface area contributed by atoms with Crippen molar-refractivity contribution in [3.05, 3.63) is 64.4 Å². The van der Waals surface area contributed by atoms with Gasteiger partial charge in [0.2, 0.25) is 0 Å². The van der Waals surface area contributed by atoms with Crippen molar-refractivity contribution < 1.29 is 9.90 Å². The van der Waals surface area contributed by atoms with Gasteiger partial charge in [-0.15, -0.1) is 11.3 Å². The second-order valence-electron chi connectivity index (χ2n) is 6.81. The molecule has 5 heteroatoms. The van der Waals surface area contributed by atoms with E-state index in [2.05, 4.69) is 24.5 Å². The molecule has 28 heavy (non-hydrogen) atoms. The fraction of sp³-hybridized carbons (Fsp3) is 0.174. The number of nitrogens with one attached hydrogen (secondary N) is 1. The van der Waals surface area contributed by atoms with Gasteiger partial charge in [-0.05, 0) is 55.5 Å². The van der Waals surface area contributed by atoms with Gasteiger partial charge in [-0.2, -0.15) is 0 Å². The standard InChI is InChI=1S/C23H22N2O2S/c1-4-24-23(27)25-19-8-6-5-7-18(19)21(16-9-11-17(26)12-10-16)22(25)20-14(2)13-28-15(20)3/h5-13,26H,4H2,1-3H3,(H,24,27). The van der Waals surface area contributed by atoms with Crippen LogP contribution in [0.4, 0.5) is 4.79 Å². The first-order valence-corrected chi connectivity index (χ1v) is 10.2. The summed E-state index contributed by atoms with van der Waals surface area (Å²) in [6.07, 6.45) is 0. The lowest BCUT2D eigenvalue weighted by atomic mass is 9.97. The maximum Gasteiger partial charge on any atom is 0.326 e. The largest absolute Gasteiger partial charge is 0.508 e. The van der Waals surface area contributed by atoms with Crippen molar-refractivity contribution in [2.45, 2.75) is 20.8 Å². The number of nitrogens with zero attached hydrogens (tertiary/aromatic N) is 1. The highest BCUT2D eigenvalue weighted by molar-refractivity contribution is 7.10. The van der Waals surface area contributed by atoms with Gasteiger partial charge in [0.1, 0.15) is 5.75 Å². The highest BCUT2D eigenvalue weighted by atomic mass is 32.1. The summed E-state index contributed by atoms with van der Waals surface area (Å²) in [5, 5.41) is 15.9. The Kier molecular flexibility index (Phi) is 4.69.